The first kappa shape index (κ1) is 94.5. The van der Waals surface area contributed by atoms with Crippen molar-refractivity contribution in [3.8, 4) is 0 Å². The molecule has 0 bridgehead atoms. The first-order valence-corrected chi connectivity index (χ1v) is 42.7. The minimum absolute atomic E-state index is 0.0838. The van der Waals surface area contributed by atoms with Crippen molar-refractivity contribution in [2.75, 3.05) is 39.6 Å². The molecule has 0 radical (unpaired) electrons. The lowest BCUT2D eigenvalue weighted by Crippen LogP contribution is -2.30. The molecule has 0 aromatic rings. The minimum Gasteiger partial charge on any atom is -0.462 e. The van der Waals surface area contributed by atoms with Gasteiger partial charge in [-0.25, -0.2) is 9.13 Å². The molecule has 0 saturated carbocycles. The average Bonchev–Trinajstić information content (AvgIpc) is 1.64. The fraction of sp³-hybridized carbons (Fsp3) is 0.897. The normalized spacial score (nSPS) is 14.8. The van der Waals surface area contributed by atoms with Gasteiger partial charge in [-0.3, -0.25) is 37.3 Å². The van der Waals surface area contributed by atoms with Crippen LogP contribution in [-0.4, -0.2) is 96.7 Å². The zero-order valence-corrected chi connectivity index (χ0v) is 64.8. The Morgan fingerprint density at radius 2 is 0.608 bits per heavy atom. The van der Waals surface area contributed by atoms with E-state index in [0.717, 1.165) is 121 Å². The maximum atomic E-state index is 13.1. The van der Waals surface area contributed by atoms with Crippen LogP contribution in [0.4, 0.5) is 0 Å². The highest BCUT2D eigenvalue weighted by Gasteiger charge is 2.30. The molecule has 3 N–H and O–H groups in total. The predicted octanol–water partition coefficient (Wildman–Crippen LogP) is 22.5. The van der Waals surface area contributed by atoms with Crippen molar-refractivity contribution in [2.24, 2.45) is 17.8 Å². The van der Waals surface area contributed by atoms with Crippen LogP contribution >= 0.6 is 15.6 Å². The third-order valence-corrected chi connectivity index (χ3v) is 20.1. The molecule has 19 heteroatoms. The van der Waals surface area contributed by atoms with Gasteiger partial charge in [0, 0.05) is 25.7 Å². The van der Waals surface area contributed by atoms with E-state index in [1.165, 1.54) is 167 Å². The van der Waals surface area contributed by atoms with Crippen LogP contribution in [0.1, 0.15) is 376 Å². The number of carbonyl (C=O) groups excluding carboxylic acids is 4. The van der Waals surface area contributed by atoms with Crippen LogP contribution in [0.25, 0.3) is 0 Å². The monoisotopic (exact) mass is 1420 g/mol. The van der Waals surface area contributed by atoms with Gasteiger partial charge in [-0.1, -0.05) is 323 Å². The van der Waals surface area contributed by atoms with Gasteiger partial charge in [0.15, 0.2) is 12.2 Å². The average molecular weight is 1420 g/mol. The van der Waals surface area contributed by atoms with E-state index in [2.05, 4.69) is 72.8 Å². The topological polar surface area (TPSA) is 237 Å². The number of allylic oxidation sites excluding steroid dienone is 4. The quantitative estimate of drug-likeness (QED) is 0.0169. The number of carbonyl (C=O) groups is 4. The van der Waals surface area contributed by atoms with Gasteiger partial charge in [0.1, 0.15) is 19.3 Å². The Morgan fingerprint density at radius 3 is 0.918 bits per heavy atom. The summed E-state index contributed by atoms with van der Waals surface area (Å²) in [5.74, 6) is 0.142. The molecular weight excluding hydrogens is 1270 g/mol. The molecule has 17 nitrogen and oxygen atoms in total. The van der Waals surface area contributed by atoms with E-state index < -0.39 is 97.5 Å². The fourth-order valence-corrected chi connectivity index (χ4v) is 12.9. The number of aliphatic hydroxyl groups is 1. The van der Waals surface area contributed by atoms with Gasteiger partial charge in [0.2, 0.25) is 0 Å². The number of unbranched alkanes of at least 4 members (excludes halogenated alkanes) is 37. The van der Waals surface area contributed by atoms with Crippen molar-refractivity contribution in [3.63, 3.8) is 0 Å². The smallest absolute Gasteiger partial charge is 0.462 e. The molecule has 0 rings (SSSR count). The van der Waals surface area contributed by atoms with Crippen LogP contribution in [0.2, 0.25) is 0 Å². The molecule has 0 aromatic heterocycles. The van der Waals surface area contributed by atoms with Crippen LogP contribution < -0.4 is 0 Å². The van der Waals surface area contributed by atoms with Crippen LogP contribution in [0.15, 0.2) is 24.3 Å². The standard InChI is InChI=1S/C78H148O17P2/c1-8-11-12-13-14-15-16-17-22-27-30-33-38-47-54-61-77(82)94-74(66-89-76(81)60-53-46-41-40-44-51-58-71(7)10-3)68-93-97(86,87)91-64-72(79)63-90-96(84,85)92-67-73(95-78(83)62-55-48-39-34-35-42-49-56-69(4)5)65-88-75(80)59-52-45-37-32-29-26-24-21-19-18-20-23-25-28-31-36-43-50-57-70(6)9-2/h15-17,22,69-74,79H,8-14,18-21,23-68H2,1-7H3,(H,84,85)(H,86,87)/b16-15-,22-17-/t70?,71?,72-,73-,74-/m1/s1. The van der Waals surface area contributed by atoms with E-state index in [1.807, 2.05) is 0 Å². The zero-order chi connectivity index (χ0) is 71.6. The summed E-state index contributed by atoms with van der Waals surface area (Å²) in [6.45, 7) is 11.8. The zero-order valence-electron chi connectivity index (χ0n) is 63.0. The second-order valence-corrected chi connectivity index (χ2v) is 31.3. The number of ether oxygens (including phenoxy) is 4. The molecule has 0 fully saturated rings. The second kappa shape index (κ2) is 68.0. The van der Waals surface area contributed by atoms with E-state index >= 15 is 0 Å². The SMILES string of the molecule is CCCCCC/C=C\C=C/CCCCCCCC(=O)O[C@H](COC(=O)CCCCCCCCC(C)CC)COP(=O)(O)OC[C@H](O)COP(=O)(O)OC[C@@H](COC(=O)CCCCCCCCCCCCCCCCCCCCC(C)CC)OC(=O)CCCCCCCCCC(C)C. The first-order chi connectivity index (χ1) is 46.8. The third kappa shape index (κ3) is 69.1. The highest BCUT2D eigenvalue weighted by atomic mass is 31.2. The molecule has 0 saturated heterocycles. The van der Waals surface area contributed by atoms with Crippen LogP contribution in [-0.2, 0) is 65.4 Å². The van der Waals surface area contributed by atoms with Crippen molar-refractivity contribution >= 4 is 39.5 Å². The highest BCUT2D eigenvalue weighted by Crippen LogP contribution is 2.45. The number of esters is 4. The number of phosphoric ester groups is 2. The van der Waals surface area contributed by atoms with Crippen LogP contribution in [0, 0.1) is 17.8 Å². The third-order valence-electron chi connectivity index (χ3n) is 18.2. The maximum absolute atomic E-state index is 13.1. The Hall–Kier alpha value is -2.46. The predicted molar refractivity (Wildman–Crippen MR) is 395 cm³/mol. The highest BCUT2D eigenvalue weighted by molar-refractivity contribution is 7.47. The van der Waals surface area contributed by atoms with Gasteiger partial charge in [0.25, 0.3) is 0 Å². The van der Waals surface area contributed by atoms with Crippen molar-refractivity contribution in [1.82, 2.24) is 0 Å². The summed E-state index contributed by atoms with van der Waals surface area (Å²) in [6, 6.07) is 0. The minimum atomic E-state index is -4.96. The lowest BCUT2D eigenvalue weighted by Gasteiger charge is -2.21. The second-order valence-electron chi connectivity index (χ2n) is 28.4. The molecule has 0 aliphatic rings. The molecule has 4 unspecified atom stereocenters. The molecule has 0 spiro atoms. The Morgan fingerprint density at radius 1 is 0.340 bits per heavy atom. The Labute approximate surface area is 592 Å². The molecule has 7 atom stereocenters. The number of phosphoric acid groups is 2. The Kier molecular flexibility index (Phi) is 66.3. The molecule has 0 aliphatic heterocycles. The lowest BCUT2D eigenvalue weighted by atomic mass is 9.99. The van der Waals surface area contributed by atoms with E-state index in [4.69, 9.17) is 37.0 Å². The van der Waals surface area contributed by atoms with Crippen molar-refractivity contribution in [3.05, 3.63) is 24.3 Å². The molecule has 0 amide bonds. The van der Waals surface area contributed by atoms with Gasteiger partial charge in [-0.15, -0.1) is 0 Å². The van der Waals surface area contributed by atoms with E-state index in [-0.39, 0.29) is 25.7 Å². The number of aliphatic hydroxyl groups excluding tert-OH is 1. The van der Waals surface area contributed by atoms with Crippen molar-refractivity contribution < 1.29 is 80.2 Å². The van der Waals surface area contributed by atoms with Crippen LogP contribution in [0.5, 0.6) is 0 Å². The maximum Gasteiger partial charge on any atom is 0.472 e. The Balaban J connectivity index is 5.17. The van der Waals surface area contributed by atoms with Gasteiger partial charge in [0.05, 0.1) is 26.4 Å². The molecule has 0 aromatic carbocycles. The summed E-state index contributed by atoms with van der Waals surface area (Å²) in [4.78, 5) is 72.8. The summed E-state index contributed by atoms with van der Waals surface area (Å²) in [7, 11) is -9.92. The first-order valence-electron chi connectivity index (χ1n) is 39.7. The van der Waals surface area contributed by atoms with E-state index in [9.17, 15) is 43.2 Å². The number of hydrogen-bond acceptors (Lipinski definition) is 15. The molecule has 97 heavy (non-hydrogen) atoms. The van der Waals surface area contributed by atoms with E-state index in [0.29, 0.717) is 31.6 Å². The summed E-state index contributed by atoms with van der Waals surface area (Å²) in [6.07, 6.45) is 58.0. The van der Waals surface area contributed by atoms with Crippen LogP contribution in [0.3, 0.4) is 0 Å². The van der Waals surface area contributed by atoms with Crippen molar-refractivity contribution in [2.45, 2.75) is 394 Å². The summed E-state index contributed by atoms with van der Waals surface area (Å²) in [5, 5.41) is 10.6. The van der Waals surface area contributed by atoms with Gasteiger partial charge >= 0.3 is 39.5 Å². The molecular formula is C78H148O17P2. The van der Waals surface area contributed by atoms with E-state index in [1.54, 1.807) is 0 Å². The molecule has 572 valence electrons. The van der Waals surface area contributed by atoms with Gasteiger partial charge < -0.3 is 33.8 Å². The summed E-state index contributed by atoms with van der Waals surface area (Å²) < 4.78 is 68.4. The van der Waals surface area contributed by atoms with Crippen molar-refractivity contribution in [1.29, 1.82) is 0 Å². The molecule has 0 aliphatic carbocycles. The summed E-state index contributed by atoms with van der Waals surface area (Å²) in [5.41, 5.74) is 0. The Bertz CT molecular complexity index is 1990. The largest absolute Gasteiger partial charge is 0.472 e. The number of rotatable bonds is 74. The lowest BCUT2D eigenvalue weighted by molar-refractivity contribution is -0.161. The van der Waals surface area contributed by atoms with Gasteiger partial charge in [-0.2, -0.15) is 0 Å². The summed E-state index contributed by atoms with van der Waals surface area (Å²) >= 11 is 0. The fourth-order valence-electron chi connectivity index (χ4n) is 11.4. The van der Waals surface area contributed by atoms with Gasteiger partial charge in [-0.05, 0) is 69.1 Å². The number of hydrogen-bond donors (Lipinski definition) is 3. The molecule has 0 heterocycles.